The van der Waals surface area contributed by atoms with E-state index in [-0.39, 0.29) is 17.5 Å². The van der Waals surface area contributed by atoms with Gasteiger partial charge in [-0.2, -0.15) is 0 Å². The molecule has 0 saturated heterocycles. The Kier molecular flexibility index (Phi) is 4.20. The fraction of sp³-hybridized carbons (Fsp3) is 0.467. The van der Waals surface area contributed by atoms with Crippen molar-refractivity contribution in [1.29, 1.82) is 0 Å². The van der Waals surface area contributed by atoms with Crippen molar-refractivity contribution >= 4 is 11.9 Å². The van der Waals surface area contributed by atoms with Crippen LogP contribution in [0.4, 0.5) is 0 Å². The zero-order valence-corrected chi connectivity index (χ0v) is 11.1. The zero-order chi connectivity index (χ0) is 13.8. The third-order valence-corrected chi connectivity index (χ3v) is 3.80. The monoisotopic (exact) mass is 261 g/mol. The second-order valence-corrected chi connectivity index (χ2v) is 5.09. The van der Waals surface area contributed by atoms with E-state index in [0.29, 0.717) is 5.56 Å². The van der Waals surface area contributed by atoms with Crippen LogP contribution in [0.5, 0.6) is 0 Å². The predicted molar refractivity (Wildman–Crippen MR) is 72.4 cm³/mol. The molecule has 0 aromatic heterocycles. The molecule has 0 atom stereocenters. The van der Waals surface area contributed by atoms with Crippen molar-refractivity contribution in [1.82, 2.24) is 4.90 Å². The molecule has 4 heteroatoms. The van der Waals surface area contributed by atoms with Gasteiger partial charge in [0.15, 0.2) is 0 Å². The molecule has 1 aliphatic rings. The van der Waals surface area contributed by atoms with E-state index in [4.69, 9.17) is 5.11 Å². The molecule has 0 heterocycles. The number of aromatic carboxylic acids is 1. The molecule has 0 unspecified atom stereocenters. The number of hydrogen-bond acceptors (Lipinski definition) is 2. The lowest BCUT2D eigenvalue weighted by Gasteiger charge is -2.31. The van der Waals surface area contributed by atoms with Crippen LogP contribution in [0.15, 0.2) is 24.3 Å². The van der Waals surface area contributed by atoms with Gasteiger partial charge in [0.1, 0.15) is 0 Å². The third-order valence-electron chi connectivity index (χ3n) is 3.80. The van der Waals surface area contributed by atoms with Crippen LogP contribution >= 0.6 is 0 Å². The van der Waals surface area contributed by atoms with Crippen molar-refractivity contribution in [2.24, 2.45) is 0 Å². The summed E-state index contributed by atoms with van der Waals surface area (Å²) in [6, 6.07) is 6.53. The fourth-order valence-corrected chi connectivity index (χ4v) is 2.62. The number of nitrogens with zero attached hydrogens (tertiary/aromatic N) is 1. The molecule has 0 spiro atoms. The average Bonchev–Trinajstić information content (AvgIpc) is 2.46. The molecule has 0 bridgehead atoms. The molecule has 1 aliphatic carbocycles. The Balaban J connectivity index is 2.14. The highest BCUT2D eigenvalue weighted by atomic mass is 16.4. The highest BCUT2D eigenvalue weighted by Crippen LogP contribution is 2.23. The van der Waals surface area contributed by atoms with E-state index >= 15 is 0 Å². The Labute approximate surface area is 113 Å². The summed E-state index contributed by atoms with van der Waals surface area (Å²) in [5, 5.41) is 8.95. The van der Waals surface area contributed by atoms with Crippen LogP contribution in [0.3, 0.4) is 0 Å². The van der Waals surface area contributed by atoms with E-state index in [1.165, 1.54) is 18.6 Å². The minimum absolute atomic E-state index is 0.0880. The number of carbonyl (C=O) groups is 2. The topological polar surface area (TPSA) is 57.6 Å². The number of benzene rings is 1. The molecular weight excluding hydrogens is 242 g/mol. The van der Waals surface area contributed by atoms with E-state index in [1.54, 1.807) is 17.0 Å². The molecule has 2 rings (SSSR count). The number of carboxylic acid groups (broad SMARTS) is 1. The van der Waals surface area contributed by atoms with Crippen LogP contribution in [0, 0.1) is 0 Å². The first-order chi connectivity index (χ1) is 9.09. The van der Waals surface area contributed by atoms with Gasteiger partial charge in [-0.1, -0.05) is 25.3 Å². The van der Waals surface area contributed by atoms with Crippen molar-refractivity contribution in [3.63, 3.8) is 0 Å². The largest absolute Gasteiger partial charge is 0.478 e. The summed E-state index contributed by atoms with van der Waals surface area (Å²) in [4.78, 5) is 25.0. The van der Waals surface area contributed by atoms with Gasteiger partial charge in [0.2, 0.25) is 0 Å². The molecule has 1 saturated carbocycles. The summed E-state index contributed by atoms with van der Waals surface area (Å²) in [7, 11) is 1.81. The number of hydrogen-bond donors (Lipinski definition) is 1. The summed E-state index contributed by atoms with van der Waals surface area (Å²) in [6.45, 7) is 0. The second-order valence-electron chi connectivity index (χ2n) is 5.09. The quantitative estimate of drug-likeness (QED) is 0.910. The highest BCUT2D eigenvalue weighted by molar-refractivity contribution is 5.97. The molecule has 1 N–H and O–H groups in total. The summed E-state index contributed by atoms with van der Waals surface area (Å²) >= 11 is 0. The van der Waals surface area contributed by atoms with E-state index < -0.39 is 5.97 Å². The van der Waals surface area contributed by atoms with Gasteiger partial charge in [-0.05, 0) is 31.0 Å². The normalized spacial score (nSPS) is 16.1. The van der Waals surface area contributed by atoms with E-state index in [9.17, 15) is 9.59 Å². The number of rotatable bonds is 3. The van der Waals surface area contributed by atoms with Gasteiger partial charge in [-0.15, -0.1) is 0 Å². The van der Waals surface area contributed by atoms with Crippen molar-refractivity contribution < 1.29 is 14.7 Å². The van der Waals surface area contributed by atoms with Crippen LogP contribution in [0.1, 0.15) is 52.8 Å². The second kappa shape index (κ2) is 5.87. The lowest BCUT2D eigenvalue weighted by Crippen LogP contribution is -2.38. The Morgan fingerprint density at radius 1 is 1.16 bits per heavy atom. The molecule has 1 fully saturated rings. The van der Waals surface area contributed by atoms with Gasteiger partial charge in [0.05, 0.1) is 5.56 Å². The van der Waals surface area contributed by atoms with Gasteiger partial charge in [-0.3, -0.25) is 4.79 Å². The number of amides is 1. The maximum Gasteiger partial charge on any atom is 0.335 e. The standard InChI is InChI=1S/C15H19NO3/c1-16(13-8-3-2-4-9-13)14(17)11-6-5-7-12(10-11)15(18)19/h5-7,10,13H,2-4,8-9H2,1H3,(H,18,19). The van der Waals surface area contributed by atoms with Crippen molar-refractivity contribution in [2.45, 2.75) is 38.1 Å². The third kappa shape index (κ3) is 3.13. The Hall–Kier alpha value is -1.84. The molecule has 1 aromatic rings. The number of carbonyl (C=O) groups excluding carboxylic acids is 1. The van der Waals surface area contributed by atoms with Crippen molar-refractivity contribution in [2.75, 3.05) is 7.05 Å². The first kappa shape index (κ1) is 13.6. The van der Waals surface area contributed by atoms with E-state index in [2.05, 4.69) is 0 Å². The molecule has 102 valence electrons. The van der Waals surface area contributed by atoms with Gasteiger partial charge in [0.25, 0.3) is 5.91 Å². The smallest absolute Gasteiger partial charge is 0.335 e. The maximum atomic E-state index is 12.4. The van der Waals surface area contributed by atoms with Crippen LogP contribution in [-0.4, -0.2) is 35.0 Å². The minimum Gasteiger partial charge on any atom is -0.478 e. The van der Waals surface area contributed by atoms with Crippen LogP contribution in [-0.2, 0) is 0 Å². The van der Waals surface area contributed by atoms with Crippen molar-refractivity contribution in [3.05, 3.63) is 35.4 Å². The molecule has 0 radical (unpaired) electrons. The summed E-state index contributed by atoms with van der Waals surface area (Å²) in [5.41, 5.74) is 0.607. The summed E-state index contributed by atoms with van der Waals surface area (Å²) < 4.78 is 0. The van der Waals surface area contributed by atoms with E-state index in [1.807, 2.05) is 7.05 Å². The van der Waals surface area contributed by atoms with E-state index in [0.717, 1.165) is 25.7 Å². The molecule has 1 amide bonds. The molecule has 1 aromatic carbocycles. The van der Waals surface area contributed by atoms with Gasteiger partial charge in [-0.25, -0.2) is 4.79 Å². The highest BCUT2D eigenvalue weighted by Gasteiger charge is 2.23. The Morgan fingerprint density at radius 2 is 1.79 bits per heavy atom. The fourth-order valence-electron chi connectivity index (χ4n) is 2.62. The van der Waals surface area contributed by atoms with Crippen LogP contribution < -0.4 is 0 Å². The van der Waals surface area contributed by atoms with Gasteiger partial charge in [0, 0.05) is 18.7 Å². The van der Waals surface area contributed by atoms with Gasteiger partial charge >= 0.3 is 5.97 Å². The zero-order valence-electron chi connectivity index (χ0n) is 11.1. The molecule has 19 heavy (non-hydrogen) atoms. The maximum absolute atomic E-state index is 12.4. The SMILES string of the molecule is CN(C(=O)c1cccc(C(=O)O)c1)C1CCCCC1. The van der Waals surface area contributed by atoms with Crippen LogP contribution in [0.25, 0.3) is 0 Å². The molecule has 4 nitrogen and oxygen atoms in total. The first-order valence-corrected chi connectivity index (χ1v) is 6.70. The lowest BCUT2D eigenvalue weighted by atomic mass is 9.94. The Bertz CT molecular complexity index is 478. The predicted octanol–water partition coefficient (Wildman–Crippen LogP) is 2.79. The summed E-state index contributed by atoms with van der Waals surface area (Å²) in [6.07, 6.45) is 5.66. The lowest BCUT2D eigenvalue weighted by molar-refractivity contribution is 0.0696. The van der Waals surface area contributed by atoms with Gasteiger partial charge < -0.3 is 10.0 Å². The van der Waals surface area contributed by atoms with Crippen LogP contribution in [0.2, 0.25) is 0 Å². The van der Waals surface area contributed by atoms with Crippen molar-refractivity contribution in [3.8, 4) is 0 Å². The molecular formula is C15H19NO3. The average molecular weight is 261 g/mol. The molecule has 0 aliphatic heterocycles. The number of carboxylic acids is 1. The summed E-state index contributed by atoms with van der Waals surface area (Å²) in [5.74, 6) is -1.09. The first-order valence-electron chi connectivity index (χ1n) is 6.70. The Morgan fingerprint density at radius 3 is 2.42 bits per heavy atom. The minimum atomic E-state index is -1.00.